The van der Waals surface area contributed by atoms with Gasteiger partial charge in [0.05, 0.1) is 18.1 Å². The lowest BCUT2D eigenvalue weighted by Crippen LogP contribution is -2.38. The number of rotatable bonds is 4. The third kappa shape index (κ3) is 3.60. The summed E-state index contributed by atoms with van der Waals surface area (Å²) in [5, 5.41) is 0. The molecule has 1 aliphatic rings. The van der Waals surface area contributed by atoms with Crippen molar-refractivity contribution in [2.75, 3.05) is 18.1 Å². The van der Waals surface area contributed by atoms with Crippen LogP contribution in [0.3, 0.4) is 0 Å². The summed E-state index contributed by atoms with van der Waals surface area (Å²) in [6.07, 6.45) is 0.625. The minimum Gasteiger partial charge on any atom is -0.350 e. The molecule has 0 radical (unpaired) electrons. The van der Waals surface area contributed by atoms with Crippen LogP contribution in [0.25, 0.3) is 0 Å². The van der Waals surface area contributed by atoms with Crippen LogP contribution >= 0.6 is 0 Å². The van der Waals surface area contributed by atoms with Crippen LogP contribution in [-0.4, -0.2) is 32.6 Å². The number of nitrogens with one attached hydrogen (secondary N) is 1. The zero-order valence-electron chi connectivity index (χ0n) is 7.02. The zero-order chi connectivity index (χ0) is 9.90. The Balaban J connectivity index is 2.00. The fraction of sp³-hybridized carbons (Fsp3) is 0.833. The van der Waals surface area contributed by atoms with Gasteiger partial charge in [-0.1, -0.05) is 0 Å². The number of hydrogen-bond acceptors (Lipinski definition) is 4. The summed E-state index contributed by atoms with van der Waals surface area (Å²) in [7, 11) is -2.75. The fourth-order valence-electron chi connectivity index (χ4n) is 1.18. The van der Waals surface area contributed by atoms with E-state index in [9.17, 15) is 13.2 Å². The highest BCUT2D eigenvalue weighted by Crippen LogP contribution is 2.20. The standard InChI is InChI=1S/C6H12N2O4S/c7-6(9)8-12-2-1-5-3-13(10,11)4-5/h5H,1-4H2,(H3,7,8,9). The Hall–Kier alpha value is -0.820. The maximum atomic E-state index is 10.7. The molecule has 0 atom stereocenters. The van der Waals surface area contributed by atoms with Gasteiger partial charge in [0.1, 0.15) is 0 Å². The van der Waals surface area contributed by atoms with Crippen LogP contribution in [-0.2, 0) is 14.7 Å². The number of carbonyl (C=O) groups is 1. The second kappa shape index (κ2) is 3.93. The van der Waals surface area contributed by atoms with Crippen molar-refractivity contribution in [3.63, 3.8) is 0 Å². The van der Waals surface area contributed by atoms with Crippen molar-refractivity contribution in [3.8, 4) is 0 Å². The fourth-order valence-corrected chi connectivity index (χ4v) is 2.86. The predicted octanol–water partition coefficient (Wildman–Crippen LogP) is -0.979. The molecule has 13 heavy (non-hydrogen) atoms. The van der Waals surface area contributed by atoms with Gasteiger partial charge in [0, 0.05) is 0 Å². The molecular weight excluding hydrogens is 196 g/mol. The number of carbonyl (C=O) groups excluding carboxylic acids is 1. The summed E-state index contributed by atoms with van der Waals surface area (Å²) in [5.41, 5.74) is 6.69. The van der Waals surface area contributed by atoms with Crippen LogP contribution in [0.4, 0.5) is 4.79 Å². The average molecular weight is 208 g/mol. The maximum absolute atomic E-state index is 10.7. The molecule has 3 N–H and O–H groups in total. The molecule has 1 fully saturated rings. The molecule has 0 saturated carbocycles. The predicted molar refractivity (Wildman–Crippen MR) is 45.4 cm³/mol. The molecule has 0 unspecified atom stereocenters. The SMILES string of the molecule is NC(=O)NOCCC1CS(=O)(=O)C1. The monoisotopic (exact) mass is 208 g/mol. The zero-order valence-corrected chi connectivity index (χ0v) is 7.84. The third-order valence-electron chi connectivity index (χ3n) is 1.78. The lowest BCUT2D eigenvalue weighted by atomic mass is 10.1. The first kappa shape index (κ1) is 10.3. The first-order valence-corrected chi connectivity index (χ1v) is 5.69. The summed E-state index contributed by atoms with van der Waals surface area (Å²) >= 11 is 0. The molecule has 0 bridgehead atoms. The van der Waals surface area contributed by atoms with Crippen molar-refractivity contribution >= 4 is 15.9 Å². The van der Waals surface area contributed by atoms with E-state index in [2.05, 4.69) is 4.84 Å². The minimum atomic E-state index is -2.75. The van der Waals surface area contributed by atoms with Gasteiger partial charge in [0.2, 0.25) is 0 Å². The van der Waals surface area contributed by atoms with Crippen molar-refractivity contribution < 1.29 is 18.0 Å². The highest BCUT2D eigenvalue weighted by atomic mass is 32.2. The van der Waals surface area contributed by atoms with Gasteiger partial charge in [-0.3, -0.25) is 4.84 Å². The summed E-state index contributed by atoms with van der Waals surface area (Å²) in [4.78, 5) is 14.8. The molecule has 0 aromatic carbocycles. The molecule has 7 heteroatoms. The topological polar surface area (TPSA) is 98.5 Å². The van der Waals surface area contributed by atoms with E-state index in [-0.39, 0.29) is 17.4 Å². The lowest BCUT2D eigenvalue weighted by Gasteiger charge is -2.24. The van der Waals surface area contributed by atoms with E-state index in [0.717, 1.165) is 0 Å². The summed E-state index contributed by atoms with van der Waals surface area (Å²) in [6, 6.07) is -0.749. The Morgan fingerprint density at radius 3 is 2.62 bits per heavy atom. The van der Waals surface area contributed by atoms with Crippen LogP contribution in [0.1, 0.15) is 6.42 Å². The van der Waals surface area contributed by atoms with E-state index in [4.69, 9.17) is 5.73 Å². The third-order valence-corrected chi connectivity index (χ3v) is 3.74. The first-order chi connectivity index (χ1) is 5.99. The van der Waals surface area contributed by atoms with Crippen LogP contribution < -0.4 is 11.2 Å². The minimum absolute atomic E-state index is 0.166. The number of hydroxylamine groups is 1. The molecule has 6 nitrogen and oxygen atoms in total. The molecule has 0 spiro atoms. The Kier molecular flexibility index (Phi) is 3.10. The normalized spacial score (nSPS) is 20.6. The number of amides is 2. The quantitative estimate of drug-likeness (QED) is 0.458. The Bertz CT molecular complexity index is 275. The Labute approximate surface area is 76.3 Å². The molecule has 0 aromatic heterocycles. The molecule has 0 aliphatic carbocycles. The van der Waals surface area contributed by atoms with Crippen molar-refractivity contribution in [2.45, 2.75) is 6.42 Å². The molecule has 1 aliphatic heterocycles. The van der Waals surface area contributed by atoms with Gasteiger partial charge in [0.25, 0.3) is 0 Å². The van der Waals surface area contributed by atoms with Gasteiger partial charge in [-0.15, -0.1) is 0 Å². The van der Waals surface area contributed by atoms with Crippen molar-refractivity contribution in [3.05, 3.63) is 0 Å². The highest BCUT2D eigenvalue weighted by Gasteiger charge is 2.32. The van der Waals surface area contributed by atoms with Gasteiger partial charge >= 0.3 is 6.03 Å². The lowest BCUT2D eigenvalue weighted by molar-refractivity contribution is 0.0570. The highest BCUT2D eigenvalue weighted by molar-refractivity contribution is 7.92. The van der Waals surface area contributed by atoms with Gasteiger partial charge in [0.15, 0.2) is 9.84 Å². The largest absolute Gasteiger partial charge is 0.350 e. The van der Waals surface area contributed by atoms with Crippen molar-refractivity contribution in [1.29, 1.82) is 0 Å². The molecule has 0 aromatic rings. The average Bonchev–Trinajstić information content (AvgIpc) is 1.93. The second-order valence-corrected chi connectivity index (χ2v) is 5.20. The van der Waals surface area contributed by atoms with E-state index in [1.807, 2.05) is 5.48 Å². The van der Waals surface area contributed by atoms with E-state index in [1.54, 1.807) is 0 Å². The van der Waals surface area contributed by atoms with Crippen LogP contribution in [0.2, 0.25) is 0 Å². The molecular formula is C6H12N2O4S. The number of nitrogens with two attached hydrogens (primary N) is 1. The number of sulfone groups is 1. The van der Waals surface area contributed by atoms with Crippen LogP contribution in [0.5, 0.6) is 0 Å². The number of primary amides is 1. The maximum Gasteiger partial charge on any atom is 0.336 e. The van der Waals surface area contributed by atoms with Gasteiger partial charge in [-0.25, -0.2) is 18.7 Å². The molecule has 2 amide bonds. The summed E-state index contributed by atoms with van der Waals surface area (Å²) < 4.78 is 21.4. The summed E-state index contributed by atoms with van der Waals surface area (Å²) in [6.45, 7) is 0.295. The van der Waals surface area contributed by atoms with Gasteiger partial charge in [-0.2, -0.15) is 0 Å². The van der Waals surface area contributed by atoms with Crippen LogP contribution in [0.15, 0.2) is 0 Å². The Morgan fingerprint density at radius 1 is 1.54 bits per heavy atom. The first-order valence-electron chi connectivity index (χ1n) is 3.87. The number of urea groups is 1. The molecule has 1 heterocycles. The van der Waals surface area contributed by atoms with Gasteiger partial charge < -0.3 is 5.73 Å². The molecule has 1 saturated heterocycles. The summed E-state index contributed by atoms with van der Waals surface area (Å²) in [5.74, 6) is 0.625. The van der Waals surface area contributed by atoms with E-state index in [0.29, 0.717) is 13.0 Å². The Morgan fingerprint density at radius 2 is 2.15 bits per heavy atom. The second-order valence-electron chi connectivity index (χ2n) is 3.05. The molecule has 76 valence electrons. The smallest absolute Gasteiger partial charge is 0.336 e. The van der Waals surface area contributed by atoms with E-state index in [1.165, 1.54) is 0 Å². The van der Waals surface area contributed by atoms with Gasteiger partial charge in [-0.05, 0) is 12.3 Å². The van der Waals surface area contributed by atoms with Crippen molar-refractivity contribution in [1.82, 2.24) is 5.48 Å². The van der Waals surface area contributed by atoms with E-state index >= 15 is 0 Å². The van der Waals surface area contributed by atoms with Crippen molar-refractivity contribution in [2.24, 2.45) is 11.7 Å². The number of hydrogen-bond donors (Lipinski definition) is 2. The van der Waals surface area contributed by atoms with Crippen LogP contribution in [0, 0.1) is 5.92 Å². The van der Waals surface area contributed by atoms with E-state index < -0.39 is 15.9 Å². The molecule has 1 rings (SSSR count).